The zero-order valence-corrected chi connectivity index (χ0v) is 9.61. The minimum Gasteiger partial charge on any atom is -0.397 e. The van der Waals surface area contributed by atoms with Gasteiger partial charge in [0.2, 0.25) is 0 Å². The lowest BCUT2D eigenvalue weighted by Gasteiger charge is -2.08. The highest BCUT2D eigenvalue weighted by Gasteiger charge is 2.15. The Morgan fingerprint density at radius 3 is 2.67 bits per heavy atom. The number of hydrogen-bond donors (Lipinski definition) is 1. The van der Waals surface area contributed by atoms with Crippen LogP contribution in [0.5, 0.6) is 0 Å². The third-order valence-corrected chi connectivity index (χ3v) is 2.60. The number of nitrogen functional groups attached to an aromatic ring is 1. The summed E-state index contributed by atoms with van der Waals surface area (Å²) >= 11 is 5.58. The van der Waals surface area contributed by atoms with Crippen molar-refractivity contribution in [3.8, 4) is 17.8 Å². The van der Waals surface area contributed by atoms with Crippen LogP contribution < -0.4 is 5.73 Å². The molecule has 2 N–H and O–H groups in total. The molecule has 0 bridgehead atoms. The number of rotatable bonds is 1. The number of nitrogens with two attached hydrogens (primary N) is 1. The Balaban J connectivity index is 2.71. The molecule has 0 spiro atoms. The average molecular weight is 262 g/mol. The van der Waals surface area contributed by atoms with Crippen LogP contribution in [0.4, 0.5) is 10.1 Å². The first-order valence-corrected chi connectivity index (χ1v) is 5.08. The van der Waals surface area contributed by atoms with Gasteiger partial charge in [0.15, 0.2) is 11.4 Å². The van der Waals surface area contributed by atoms with Crippen molar-refractivity contribution in [3.63, 3.8) is 0 Å². The lowest BCUT2D eigenvalue weighted by Crippen LogP contribution is -2.02. The fourth-order valence-electron chi connectivity index (χ4n) is 1.48. The highest BCUT2D eigenvalue weighted by atomic mass is 35.5. The SMILES string of the molecule is N#Cc1ncn(-c2cc(F)c(Cl)cc2N)c1C#N. The Morgan fingerprint density at radius 2 is 2.06 bits per heavy atom. The highest BCUT2D eigenvalue weighted by Crippen LogP contribution is 2.26. The summed E-state index contributed by atoms with van der Waals surface area (Å²) in [6.45, 7) is 0. The van der Waals surface area contributed by atoms with Crippen LogP contribution in [0.15, 0.2) is 18.5 Å². The topological polar surface area (TPSA) is 91.4 Å². The molecule has 0 saturated heterocycles. The fourth-order valence-corrected chi connectivity index (χ4v) is 1.65. The summed E-state index contributed by atoms with van der Waals surface area (Å²) < 4.78 is 14.6. The van der Waals surface area contributed by atoms with E-state index in [1.54, 1.807) is 6.07 Å². The minimum absolute atomic E-state index is 0.00841. The van der Waals surface area contributed by atoms with Crippen LogP contribution in [0.25, 0.3) is 5.69 Å². The molecule has 0 atom stereocenters. The number of nitriles is 2. The second kappa shape index (κ2) is 4.36. The van der Waals surface area contributed by atoms with E-state index < -0.39 is 5.82 Å². The van der Waals surface area contributed by atoms with Gasteiger partial charge in [0.25, 0.3) is 0 Å². The second-order valence-corrected chi connectivity index (χ2v) is 3.77. The summed E-state index contributed by atoms with van der Waals surface area (Å²) in [6, 6.07) is 5.91. The number of nitrogens with zero attached hydrogens (tertiary/aromatic N) is 4. The van der Waals surface area contributed by atoms with Crippen molar-refractivity contribution in [3.05, 3.63) is 40.7 Å². The lowest BCUT2D eigenvalue weighted by molar-refractivity contribution is 0.627. The van der Waals surface area contributed by atoms with Crippen molar-refractivity contribution in [1.82, 2.24) is 9.55 Å². The van der Waals surface area contributed by atoms with Gasteiger partial charge in [-0.2, -0.15) is 10.5 Å². The molecule has 0 aliphatic rings. The van der Waals surface area contributed by atoms with E-state index in [-0.39, 0.29) is 27.8 Å². The summed E-state index contributed by atoms with van der Waals surface area (Å²) in [5.41, 5.74) is 6.04. The number of hydrogen-bond acceptors (Lipinski definition) is 4. The van der Waals surface area contributed by atoms with E-state index in [4.69, 9.17) is 27.9 Å². The first-order chi connectivity index (χ1) is 8.58. The van der Waals surface area contributed by atoms with Gasteiger partial charge in [-0.15, -0.1) is 0 Å². The third-order valence-electron chi connectivity index (χ3n) is 2.31. The van der Waals surface area contributed by atoms with Gasteiger partial charge >= 0.3 is 0 Å². The Morgan fingerprint density at radius 1 is 1.33 bits per heavy atom. The third kappa shape index (κ3) is 1.75. The van der Waals surface area contributed by atoms with Crippen LogP contribution in [0.3, 0.4) is 0 Å². The summed E-state index contributed by atoms with van der Waals surface area (Å²) in [6.07, 6.45) is 1.23. The first kappa shape index (κ1) is 11.9. The van der Waals surface area contributed by atoms with Gasteiger partial charge in [0, 0.05) is 6.07 Å². The Hall–Kier alpha value is -2.57. The van der Waals surface area contributed by atoms with Gasteiger partial charge < -0.3 is 5.73 Å². The molecule has 0 unspecified atom stereocenters. The maximum atomic E-state index is 13.4. The number of halogens is 2. The quantitative estimate of drug-likeness (QED) is 0.795. The number of aromatic nitrogens is 2. The number of imidazole rings is 1. The molecule has 7 heteroatoms. The van der Waals surface area contributed by atoms with Crippen LogP contribution >= 0.6 is 11.6 Å². The molecule has 1 heterocycles. The van der Waals surface area contributed by atoms with Crippen LogP contribution in [-0.2, 0) is 0 Å². The van der Waals surface area contributed by atoms with Gasteiger partial charge in [-0.05, 0) is 6.07 Å². The molecular formula is C11H5ClFN5. The molecule has 0 aliphatic carbocycles. The van der Waals surface area contributed by atoms with Crippen molar-refractivity contribution < 1.29 is 4.39 Å². The monoisotopic (exact) mass is 261 g/mol. The van der Waals surface area contributed by atoms with Gasteiger partial charge in [0.05, 0.1) is 16.4 Å². The molecule has 18 heavy (non-hydrogen) atoms. The van der Waals surface area contributed by atoms with Crippen molar-refractivity contribution in [2.75, 3.05) is 5.73 Å². The number of benzene rings is 1. The van der Waals surface area contributed by atoms with E-state index in [9.17, 15) is 4.39 Å². The average Bonchev–Trinajstić information content (AvgIpc) is 2.76. The van der Waals surface area contributed by atoms with Gasteiger partial charge in [-0.3, -0.25) is 4.57 Å². The van der Waals surface area contributed by atoms with E-state index in [0.717, 1.165) is 6.07 Å². The minimum atomic E-state index is -0.669. The Labute approximate surface area is 106 Å². The molecule has 0 fully saturated rings. The molecule has 0 saturated carbocycles. The molecule has 0 radical (unpaired) electrons. The summed E-state index contributed by atoms with van der Waals surface area (Å²) in [5, 5.41) is 17.6. The highest BCUT2D eigenvalue weighted by molar-refractivity contribution is 6.31. The predicted octanol–water partition coefficient (Wildman–Crippen LogP) is 1.99. The predicted molar refractivity (Wildman–Crippen MR) is 62.4 cm³/mol. The zero-order valence-electron chi connectivity index (χ0n) is 8.85. The Bertz CT molecular complexity index is 707. The van der Waals surface area contributed by atoms with E-state index in [1.165, 1.54) is 17.0 Å². The standard InChI is InChI=1S/C11H5ClFN5/c12-6-1-8(16)10(2-7(6)13)18-5-17-9(3-14)11(18)4-15/h1-2,5H,16H2. The fraction of sp³-hybridized carbons (Fsp3) is 0. The maximum absolute atomic E-state index is 13.4. The van der Waals surface area contributed by atoms with E-state index in [1.807, 2.05) is 6.07 Å². The van der Waals surface area contributed by atoms with Crippen molar-refractivity contribution in [2.45, 2.75) is 0 Å². The summed E-state index contributed by atoms with van der Waals surface area (Å²) in [5.74, 6) is -0.669. The smallest absolute Gasteiger partial charge is 0.177 e. The van der Waals surface area contributed by atoms with Gasteiger partial charge in [-0.1, -0.05) is 11.6 Å². The van der Waals surface area contributed by atoms with E-state index in [2.05, 4.69) is 4.98 Å². The maximum Gasteiger partial charge on any atom is 0.177 e. The van der Waals surface area contributed by atoms with E-state index >= 15 is 0 Å². The normalized spacial score (nSPS) is 9.78. The summed E-state index contributed by atoms with van der Waals surface area (Å²) in [4.78, 5) is 3.74. The molecule has 1 aromatic carbocycles. The van der Waals surface area contributed by atoms with Crippen molar-refractivity contribution in [1.29, 1.82) is 10.5 Å². The summed E-state index contributed by atoms with van der Waals surface area (Å²) in [7, 11) is 0. The molecule has 2 aromatic rings. The second-order valence-electron chi connectivity index (χ2n) is 3.36. The largest absolute Gasteiger partial charge is 0.397 e. The van der Waals surface area contributed by atoms with Gasteiger partial charge in [-0.25, -0.2) is 9.37 Å². The Kier molecular flexibility index (Phi) is 2.88. The number of anilines is 1. The van der Waals surface area contributed by atoms with Gasteiger partial charge in [0.1, 0.15) is 24.3 Å². The van der Waals surface area contributed by atoms with Crippen LogP contribution in [0.2, 0.25) is 5.02 Å². The van der Waals surface area contributed by atoms with Crippen molar-refractivity contribution >= 4 is 17.3 Å². The molecule has 1 aromatic heterocycles. The molecule has 5 nitrogen and oxygen atoms in total. The lowest BCUT2D eigenvalue weighted by atomic mass is 10.2. The van der Waals surface area contributed by atoms with Crippen LogP contribution in [-0.4, -0.2) is 9.55 Å². The molecule has 0 amide bonds. The molecule has 0 aliphatic heterocycles. The molecular weight excluding hydrogens is 257 g/mol. The first-order valence-electron chi connectivity index (χ1n) is 4.71. The van der Waals surface area contributed by atoms with Crippen LogP contribution in [0, 0.1) is 28.5 Å². The molecule has 2 rings (SSSR count). The molecule has 88 valence electrons. The van der Waals surface area contributed by atoms with E-state index in [0.29, 0.717) is 0 Å². The van der Waals surface area contributed by atoms with Crippen LogP contribution in [0.1, 0.15) is 11.4 Å². The van der Waals surface area contributed by atoms with Crippen molar-refractivity contribution in [2.24, 2.45) is 0 Å². The zero-order chi connectivity index (χ0) is 13.3.